The van der Waals surface area contributed by atoms with E-state index in [1.54, 1.807) is 6.20 Å². The molecule has 21 heavy (non-hydrogen) atoms. The number of hydrogen-bond acceptors (Lipinski definition) is 3. The first-order chi connectivity index (χ1) is 10.1. The van der Waals surface area contributed by atoms with Crippen molar-refractivity contribution in [1.29, 1.82) is 0 Å². The summed E-state index contributed by atoms with van der Waals surface area (Å²) in [4.78, 5) is 18.6. The summed E-state index contributed by atoms with van der Waals surface area (Å²) in [6.45, 7) is 1.69. The molecule has 1 aromatic heterocycles. The van der Waals surface area contributed by atoms with Crippen LogP contribution in [0.2, 0.25) is 0 Å². The van der Waals surface area contributed by atoms with Gasteiger partial charge in [-0.25, -0.2) is 4.98 Å². The number of imidazole rings is 1. The fourth-order valence-electron chi connectivity index (χ4n) is 2.16. The number of aryl methyl sites for hydroxylation is 1. The first-order valence-corrected chi connectivity index (χ1v) is 7.79. The van der Waals surface area contributed by atoms with E-state index in [2.05, 4.69) is 32.9 Å². The number of nitrogens with zero attached hydrogens (tertiary/aromatic N) is 3. The molecule has 0 atom stereocenters. The van der Waals surface area contributed by atoms with Gasteiger partial charge in [-0.15, -0.1) is 0 Å². The van der Waals surface area contributed by atoms with Crippen LogP contribution in [0.4, 0.5) is 0 Å². The topological polar surface area (TPSA) is 38.1 Å². The molecule has 2 rings (SSSR count). The molecular weight excluding hydrogens is 330 g/mol. The molecule has 2 aromatic rings. The van der Waals surface area contributed by atoms with Gasteiger partial charge in [-0.05, 0) is 32.1 Å². The molecule has 0 saturated heterocycles. The maximum atomic E-state index is 12.1. The van der Waals surface area contributed by atoms with E-state index >= 15 is 0 Å². The van der Waals surface area contributed by atoms with Gasteiger partial charge >= 0.3 is 0 Å². The molecule has 5 heteroatoms. The fraction of sp³-hybridized carbons (Fsp3) is 0.375. The van der Waals surface area contributed by atoms with E-state index in [9.17, 15) is 4.79 Å². The second-order valence-electron chi connectivity index (χ2n) is 5.23. The summed E-state index contributed by atoms with van der Waals surface area (Å²) < 4.78 is 3.01. The first-order valence-electron chi connectivity index (χ1n) is 7.00. The molecular formula is C16H20BrN3O. The molecule has 0 radical (unpaired) electrons. The lowest BCUT2D eigenvalue weighted by atomic mass is 10.1. The lowest BCUT2D eigenvalue weighted by Crippen LogP contribution is -2.21. The van der Waals surface area contributed by atoms with E-state index < -0.39 is 0 Å². The number of halogens is 1. The third kappa shape index (κ3) is 4.79. The molecule has 0 bridgehead atoms. The normalized spacial score (nSPS) is 11.0. The van der Waals surface area contributed by atoms with Crippen molar-refractivity contribution in [2.45, 2.75) is 19.4 Å². The van der Waals surface area contributed by atoms with E-state index in [0.29, 0.717) is 6.42 Å². The number of aromatic nitrogens is 2. The van der Waals surface area contributed by atoms with Gasteiger partial charge in [-0.3, -0.25) is 9.69 Å². The van der Waals surface area contributed by atoms with E-state index in [4.69, 9.17) is 0 Å². The van der Waals surface area contributed by atoms with Crippen LogP contribution in [0, 0.1) is 0 Å². The van der Waals surface area contributed by atoms with Crippen molar-refractivity contribution in [3.63, 3.8) is 0 Å². The number of rotatable bonds is 7. The van der Waals surface area contributed by atoms with E-state index in [1.807, 2.05) is 42.1 Å². The van der Waals surface area contributed by atoms with Crippen LogP contribution in [0.15, 0.2) is 41.1 Å². The van der Waals surface area contributed by atoms with Crippen molar-refractivity contribution < 1.29 is 4.79 Å². The van der Waals surface area contributed by atoms with Crippen LogP contribution in [0.25, 0.3) is 0 Å². The Morgan fingerprint density at radius 3 is 2.67 bits per heavy atom. The summed E-state index contributed by atoms with van der Waals surface area (Å²) in [5, 5.41) is 0. The second-order valence-corrected chi connectivity index (χ2v) is 6.14. The van der Waals surface area contributed by atoms with Gasteiger partial charge in [-0.2, -0.15) is 0 Å². The predicted molar refractivity (Wildman–Crippen MR) is 87.2 cm³/mol. The summed E-state index contributed by atoms with van der Waals surface area (Å²) in [5.74, 6) is 1.24. The molecule has 112 valence electrons. The van der Waals surface area contributed by atoms with Crippen molar-refractivity contribution in [3.8, 4) is 0 Å². The maximum absolute atomic E-state index is 12.1. The van der Waals surface area contributed by atoms with Crippen LogP contribution in [0.1, 0.15) is 29.0 Å². The minimum Gasteiger partial charge on any atom is -0.337 e. The van der Waals surface area contributed by atoms with Gasteiger partial charge in [0.15, 0.2) is 5.78 Å². The molecule has 0 amide bonds. The van der Waals surface area contributed by atoms with Crippen LogP contribution in [-0.4, -0.2) is 33.8 Å². The van der Waals surface area contributed by atoms with Gasteiger partial charge in [-0.1, -0.05) is 28.1 Å². The summed E-state index contributed by atoms with van der Waals surface area (Å²) in [5.41, 5.74) is 0.782. The first kappa shape index (κ1) is 15.9. The largest absolute Gasteiger partial charge is 0.337 e. The van der Waals surface area contributed by atoms with Crippen molar-refractivity contribution in [1.82, 2.24) is 14.5 Å². The Balaban J connectivity index is 1.75. The van der Waals surface area contributed by atoms with Crippen molar-refractivity contribution >= 4 is 21.7 Å². The van der Waals surface area contributed by atoms with Gasteiger partial charge in [0, 0.05) is 35.9 Å². The van der Waals surface area contributed by atoms with E-state index in [-0.39, 0.29) is 5.78 Å². The number of carbonyl (C=O) groups is 1. The molecule has 0 spiro atoms. The Morgan fingerprint density at radius 2 is 2.05 bits per heavy atom. The van der Waals surface area contributed by atoms with Gasteiger partial charge in [0.05, 0.1) is 6.54 Å². The summed E-state index contributed by atoms with van der Waals surface area (Å²) in [7, 11) is 4.05. The molecule has 4 nitrogen and oxygen atoms in total. The summed E-state index contributed by atoms with van der Waals surface area (Å²) >= 11 is 3.37. The van der Waals surface area contributed by atoms with Gasteiger partial charge < -0.3 is 4.57 Å². The van der Waals surface area contributed by atoms with E-state index in [0.717, 1.165) is 35.4 Å². The SMILES string of the molecule is CN(CCCC(=O)c1ccc(Br)cc1)Cc1nccn1C. The molecule has 1 heterocycles. The molecule has 0 aliphatic carbocycles. The highest BCUT2D eigenvalue weighted by Crippen LogP contribution is 2.13. The molecule has 0 N–H and O–H groups in total. The van der Waals surface area contributed by atoms with Crippen molar-refractivity contribution in [2.24, 2.45) is 7.05 Å². The van der Waals surface area contributed by atoms with Crippen molar-refractivity contribution in [2.75, 3.05) is 13.6 Å². The Hall–Kier alpha value is -1.46. The summed E-state index contributed by atoms with van der Waals surface area (Å²) in [6, 6.07) is 7.54. The molecule has 0 fully saturated rings. The Labute approximate surface area is 133 Å². The fourth-order valence-corrected chi connectivity index (χ4v) is 2.42. The number of Topliss-reactive ketones (excluding diaryl/α,β-unsaturated/α-hetero) is 1. The average Bonchev–Trinajstić information content (AvgIpc) is 2.85. The number of ketones is 1. The zero-order valence-corrected chi connectivity index (χ0v) is 14.0. The zero-order valence-electron chi connectivity index (χ0n) is 12.4. The monoisotopic (exact) mass is 349 g/mol. The smallest absolute Gasteiger partial charge is 0.162 e. The molecule has 0 aliphatic heterocycles. The molecule has 1 aromatic carbocycles. The minimum absolute atomic E-state index is 0.202. The highest BCUT2D eigenvalue weighted by molar-refractivity contribution is 9.10. The highest BCUT2D eigenvalue weighted by Gasteiger charge is 2.08. The van der Waals surface area contributed by atoms with Crippen LogP contribution in [0.3, 0.4) is 0 Å². The Morgan fingerprint density at radius 1 is 1.33 bits per heavy atom. The molecule has 0 unspecified atom stereocenters. The van der Waals surface area contributed by atoms with E-state index in [1.165, 1.54) is 0 Å². The maximum Gasteiger partial charge on any atom is 0.162 e. The van der Waals surface area contributed by atoms with Crippen LogP contribution >= 0.6 is 15.9 Å². The third-order valence-corrected chi connectivity index (χ3v) is 3.97. The molecule has 0 aliphatic rings. The number of hydrogen-bond donors (Lipinski definition) is 0. The van der Waals surface area contributed by atoms with Crippen LogP contribution < -0.4 is 0 Å². The minimum atomic E-state index is 0.202. The number of carbonyl (C=O) groups excluding carboxylic acids is 1. The molecule has 0 saturated carbocycles. The number of benzene rings is 1. The Kier molecular flexibility index (Phi) is 5.70. The van der Waals surface area contributed by atoms with Gasteiger partial charge in [0.2, 0.25) is 0 Å². The van der Waals surface area contributed by atoms with Crippen molar-refractivity contribution in [3.05, 3.63) is 52.5 Å². The highest BCUT2D eigenvalue weighted by atomic mass is 79.9. The van der Waals surface area contributed by atoms with Gasteiger partial charge in [0.25, 0.3) is 0 Å². The van der Waals surface area contributed by atoms with Gasteiger partial charge in [0.1, 0.15) is 5.82 Å². The average molecular weight is 350 g/mol. The lowest BCUT2D eigenvalue weighted by Gasteiger charge is -2.15. The third-order valence-electron chi connectivity index (χ3n) is 3.44. The second kappa shape index (κ2) is 7.52. The van der Waals surface area contributed by atoms with Crippen LogP contribution in [-0.2, 0) is 13.6 Å². The zero-order chi connectivity index (χ0) is 15.2. The Bertz CT molecular complexity index is 592. The lowest BCUT2D eigenvalue weighted by molar-refractivity contribution is 0.0976. The summed E-state index contributed by atoms with van der Waals surface area (Å²) in [6.07, 6.45) is 5.18. The standard InChI is InChI=1S/C16H20BrN3O/c1-19(12-16-18-9-11-20(16)2)10-3-4-15(21)13-5-7-14(17)8-6-13/h5-9,11H,3-4,10,12H2,1-2H3. The quantitative estimate of drug-likeness (QED) is 0.720. The van der Waals surface area contributed by atoms with Crippen LogP contribution in [0.5, 0.6) is 0 Å². The predicted octanol–water partition coefficient (Wildman–Crippen LogP) is 3.28.